The quantitative estimate of drug-likeness (QED) is 0.580. The summed E-state index contributed by atoms with van der Waals surface area (Å²) in [5.41, 5.74) is 4.83. The fourth-order valence-electron chi connectivity index (χ4n) is 0.764. The van der Waals surface area contributed by atoms with Gasteiger partial charge in [-0.2, -0.15) is 0 Å². The minimum atomic E-state index is -0.591. The number of hydrogen-bond acceptors (Lipinski definition) is 4. The van der Waals surface area contributed by atoms with Gasteiger partial charge in [0.05, 0.1) is 12.4 Å². The maximum absolute atomic E-state index is 12.4. The topological polar surface area (TPSA) is 92.9 Å². The zero-order chi connectivity index (χ0) is 10.4. The van der Waals surface area contributed by atoms with Gasteiger partial charge in [0.2, 0.25) is 5.95 Å². The largest absolute Gasteiger partial charge is 0.352 e. The van der Waals surface area contributed by atoms with Gasteiger partial charge < -0.3 is 16.4 Å². The van der Waals surface area contributed by atoms with Crippen LogP contribution in [0, 0.1) is 5.82 Å². The Kier molecular flexibility index (Phi) is 3.59. The Morgan fingerprint density at radius 3 is 2.64 bits per heavy atom. The number of nitrogens with one attached hydrogen (secondary N) is 2. The highest BCUT2D eigenvalue weighted by Crippen LogP contribution is 1.96. The van der Waals surface area contributed by atoms with Crippen molar-refractivity contribution >= 4 is 12.0 Å². The molecule has 0 bridgehead atoms. The van der Waals surface area contributed by atoms with Crippen molar-refractivity contribution in [3.63, 3.8) is 0 Å². The Balaban J connectivity index is 2.25. The molecule has 0 aliphatic rings. The normalized spacial score (nSPS) is 9.50. The SMILES string of the molecule is NC(=O)NCCNc1ncc(F)cn1. The van der Waals surface area contributed by atoms with Crippen LogP contribution in [0.3, 0.4) is 0 Å². The summed E-state index contributed by atoms with van der Waals surface area (Å²) in [6, 6.07) is -0.591. The van der Waals surface area contributed by atoms with Gasteiger partial charge in [0, 0.05) is 13.1 Å². The number of amides is 2. The predicted molar refractivity (Wildman–Crippen MR) is 48.1 cm³/mol. The first-order valence-electron chi connectivity index (χ1n) is 3.93. The van der Waals surface area contributed by atoms with Crippen LogP contribution in [-0.4, -0.2) is 29.1 Å². The zero-order valence-corrected chi connectivity index (χ0v) is 7.33. The molecule has 0 fully saturated rings. The van der Waals surface area contributed by atoms with Crippen molar-refractivity contribution in [1.29, 1.82) is 0 Å². The summed E-state index contributed by atoms with van der Waals surface area (Å²) < 4.78 is 12.4. The average molecular weight is 199 g/mol. The van der Waals surface area contributed by atoms with Crippen LogP contribution in [0.15, 0.2) is 12.4 Å². The van der Waals surface area contributed by atoms with E-state index in [1.807, 2.05) is 0 Å². The first kappa shape index (κ1) is 10.2. The van der Waals surface area contributed by atoms with Crippen molar-refractivity contribution in [2.75, 3.05) is 18.4 Å². The number of aromatic nitrogens is 2. The number of rotatable bonds is 4. The number of primary amides is 1. The molecule has 0 aliphatic heterocycles. The van der Waals surface area contributed by atoms with Crippen molar-refractivity contribution in [3.05, 3.63) is 18.2 Å². The number of urea groups is 1. The molecule has 14 heavy (non-hydrogen) atoms. The summed E-state index contributed by atoms with van der Waals surface area (Å²) >= 11 is 0. The minimum absolute atomic E-state index is 0.303. The molecule has 0 saturated carbocycles. The second-order valence-electron chi connectivity index (χ2n) is 2.44. The van der Waals surface area contributed by atoms with Gasteiger partial charge in [-0.05, 0) is 0 Å². The lowest BCUT2D eigenvalue weighted by molar-refractivity contribution is 0.249. The molecule has 0 atom stereocenters. The summed E-state index contributed by atoms with van der Waals surface area (Å²) in [4.78, 5) is 17.6. The van der Waals surface area contributed by atoms with Gasteiger partial charge in [-0.15, -0.1) is 0 Å². The predicted octanol–water partition coefficient (Wildman–Crippen LogP) is -0.304. The highest BCUT2D eigenvalue weighted by Gasteiger charge is 1.95. The molecule has 1 rings (SSSR count). The van der Waals surface area contributed by atoms with Crippen LogP contribution < -0.4 is 16.4 Å². The van der Waals surface area contributed by atoms with Crippen LogP contribution in [0.5, 0.6) is 0 Å². The maximum atomic E-state index is 12.4. The summed E-state index contributed by atoms with van der Waals surface area (Å²) in [7, 11) is 0. The highest BCUT2D eigenvalue weighted by molar-refractivity contribution is 5.71. The van der Waals surface area contributed by atoms with Gasteiger partial charge in [0.1, 0.15) is 0 Å². The fourth-order valence-corrected chi connectivity index (χ4v) is 0.764. The number of nitrogens with zero attached hydrogens (tertiary/aromatic N) is 2. The van der Waals surface area contributed by atoms with Gasteiger partial charge in [-0.25, -0.2) is 19.2 Å². The second-order valence-corrected chi connectivity index (χ2v) is 2.44. The number of carbonyl (C=O) groups excluding carboxylic acids is 1. The van der Waals surface area contributed by atoms with E-state index in [1.165, 1.54) is 0 Å². The molecule has 1 aromatic heterocycles. The maximum Gasteiger partial charge on any atom is 0.312 e. The number of carbonyl (C=O) groups is 1. The molecule has 2 amide bonds. The molecule has 7 heteroatoms. The average Bonchev–Trinajstić information content (AvgIpc) is 2.15. The smallest absolute Gasteiger partial charge is 0.312 e. The van der Waals surface area contributed by atoms with E-state index in [4.69, 9.17) is 5.73 Å². The Hall–Kier alpha value is -1.92. The first-order chi connectivity index (χ1) is 6.68. The molecular formula is C7H10FN5O. The summed E-state index contributed by atoms with van der Waals surface area (Å²) in [6.07, 6.45) is 2.10. The third-order valence-corrected chi connectivity index (χ3v) is 1.33. The molecule has 0 saturated heterocycles. The van der Waals surface area contributed by atoms with Gasteiger partial charge in [0.25, 0.3) is 0 Å². The molecule has 6 nitrogen and oxygen atoms in total. The van der Waals surface area contributed by atoms with E-state index >= 15 is 0 Å². The summed E-state index contributed by atoms with van der Waals surface area (Å²) in [6.45, 7) is 0.782. The number of anilines is 1. The molecule has 1 aromatic rings. The molecule has 0 aromatic carbocycles. The number of hydrogen-bond donors (Lipinski definition) is 3. The van der Waals surface area contributed by atoms with E-state index in [-0.39, 0.29) is 0 Å². The van der Waals surface area contributed by atoms with Crippen molar-refractivity contribution in [2.24, 2.45) is 5.73 Å². The molecule has 1 heterocycles. The van der Waals surface area contributed by atoms with Gasteiger partial charge in [0.15, 0.2) is 5.82 Å². The molecule has 76 valence electrons. The lowest BCUT2D eigenvalue weighted by Gasteiger charge is -2.03. The first-order valence-corrected chi connectivity index (χ1v) is 3.93. The van der Waals surface area contributed by atoms with Crippen LogP contribution in [0.2, 0.25) is 0 Å². The summed E-state index contributed by atoms with van der Waals surface area (Å²) in [5.74, 6) is -0.191. The van der Waals surface area contributed by atoms with Crippen molar-refractivity contribution in [3.8, 4) is 0 Å². The van der Waals surface area contributed by atoms with E-state index in [0.29, 0.717) is 19.0 Å². The molecule has 0 unspecified atom stereocenters. The van der Waals surface area contributed by atoms with Crippen molar-refractivity contribution < 1.29 is 9.18 Å². The Morgan fingerprint density at radius 2 is 2.07 bits per heavy atom. The van der Waals surface area contributed by atoms with Gasteiger partial charge >= 0.3 is 6.03 Å². The lowest BCUT2D eigenvalue weighted by Crippen LogP contribution is -2.33. The van der Waals surface area contributed by atoms with Gasteiger partial charge in [-0.3, -0.25) is 0 Å². The van der Waals surface area contributed by atoms with E-state index < -0.39 is 11.8 Å². The minimum Gasteiger partial charge on any atom is -0.352 e. The van der Waals surface area contributed by atoms with Crippen molar-refractivity contribution in [1.82, 2.24) is 15.3 Å². The third-order valence-electron chi connectivity index (χ3n) is 1.33. The fraction of sp³-hybridized carbons (Fsp3) is 0.286. The Morgan fingerprint density at radius 1 is 1.43 bits per heavy atom. The number of halogens is 1. The van der Waals surface area contributed by atoms with E-state index in [1.54, 1.807) is 0 Å². The zero-order valence-electron chi connectivity index (χ0n) is 7.33. The number of nitrogens with two attached hydrogens (primary N) is 1. The van der Waals surface area contributed by atoms with Crippen molar-refractivity contribution in [2.45, 2.75) is 0 Å². The Bertz CT molecular complexity index is 301. The summed E-state index contributed by atoms with van der Waals surface area (Å²) in [5, 5.41) is 5.14. The second kappa shape index (κ2) is 4.95. The standard InChI is InChI=1S/C7H10FN5O/c8-5-3-12-7(13-4-5)11-2-1-10-6(9)14/h3-4H,1-2H2,(H3,9,10,14)(H,11,12,13). The highest BCUT2D eigenvalue weighted by atomic mass is 19.1. The van der Waals surface area contributed by atoms with Crippen LogP contribution in [0.4, 0.5) is 15.1 Å². The lowest BCUT2D eigenvalue weighted by atomic mass is 10.6. The van der Waals surface area contributed by atoms with Crippen LogP contribution in [-0.2, 0) is 0 Å². The molecule has 0 aliphatic carbocycles. The molecule has 4 N–H and O–H groups in total. The van der Waals surface area contributed by atoms with Crippen LogP contribution >= 0.6 is 0 Å². The molecular weight excluding hydrogens is 189 g/mol. The molecule has 0 spiro atoms. The monoisotopic (exact) mass is 199 g/mol. The Labute approximate surface area is 79.7 Å². The van der Waals surface area contributed by atoms with Gasteiger partial charge in [-0.1, -0.05) is 0 Å². The van der Waals surface area contributed by atoms with Crippen LogP contribution in [0.25, 0.3) is 0 Å². The van der Waals surface area contributed by atoms with E-state index in [2.05, 4.69) is 20.6 Å². The van der Waals surface area contributed by atoms with E-state index in [9.17, 15) is 9.18 Å². The van der Waals surface area contributed by atoms with Crippen LogP contribution in [0.1, 0.15) is 0 Å². The molecule has 0 radical (unpaired) electrons. The van der Waals surface area contributed by atoms with E-state index in [0.717, 1.165) is 12.4 Å². The third kappa shape index (κ3) is 3.65.